The van der Waals surface area contributed by atoms with E-state index in [1.807, 2.05) is 19.1 Å². The Morgan fingerprint density at radius 2 is 1.73 bits per heavy atom. The molecule has 0 aliphatic carbocycles. The quantitative estimate of drug-likeness (QED) is 0.642. The first-order valence-electron chi connectivity index (χ1n) is 11.0. The summed E-state index contributed by atoms with van der Waals surface area (Å²) in [6.07, 6.45) is -2.79. The molecule has 1 fully saturated rings. The van der Waals surface area contributed by atoms with Crippen LogP contribution < -0.4 is 18.7 Å². The fourth-order valence-corrected chi connectivity index (χ4v) is 5.95. The number of hydrogen-bond donors (Lipinski definition) is 0. The Hall–Kier alpha value is -2.59. The van der Waals surface area contributed by atoms with Gasteiger partial charge in [0.05, 0.1) is 10.6 Å². The van der Waals surface area contributed by atoms with E-state index in [0.29, 0.717) is 5.69 Å². The third-order valence-electron chi connectivity index (χ3n) is 5.91. The highest BCUT2D eigenvalue weighted by Crippen LogP contribution is 2.43. The number of likely N-dealkylation sites (N-methyl/N-ethyl adjacent to an activating group) is 1. The van der Waals surface area contributed by atoms with Crippen molar-refractivity contribution in [3.8, 4) is 11.5 Å². The molecule has 2 aromatic carbocycles. The molecule has 0 saturated carbocycles. The third kappa shape index (κ3) is 4.72. The Kier molecular flexibility index (Phi) is 6.17. The zero-order chi connectivity index (χ0) is 24.0. The Morgan fingerprint density at radius 3 is 2.45 bits per heavy atom. The number of benzene rings is 2. The topological polar surface area (TPSA) is 62.3 Å². The van der Waals surface area contributed by atoms with Crippen LogP contribution >= 0.6 is 0 Å². The standard InChI is InChI=1S/C23H29F2N3O4S/c1-16(2)28(33(29,30)19-8-9-21-22(15-19)32-23(24,25)31-21)18-7-6-17(3)20(14-18)27-11-5-10-26(4)12-13-27/h6-9,14-16H,5,10-13H2,1-4H3. The minimum Gasteiger partial charge on any atom is -0.395 e. The average Bonchev–Trinajstić information content (AvgIpc) is 2.87. The van der Waals surface area contributed by atoms with E-state index in [2.05, 4.69) is 26.3 Å². The van der Waals surface area contributed by atoms with Crippen molar-refractivity contribution in [1.82, 2.24) is 4.90 Å². The van der Waals surface area contributed by atoms with Crippen LogP contribution in [0.2, 0.25) is 0 Å². The highest BCUT2D eigenvalue weighted by atomic mass is 32.2. The van der Waals surface area contributed by atoms with E-state index in [1.54, 1.807) is 19.9 Å². The van der Waals surface area contributed by atoms with Crippen LogP contribution in [0.5, 0.6) is 11.5 Å². The summed E-state index contributed by atoms with van der Waals surface area (Å²) in [6.45, 7) is 9.26. The van der Waals surface area contributed by atoms with Crippen LogP contribution in [0.1, 0.15) is 25.8 Å². The monoisotopic (exact) mass is 481 g/mol. The van der Waals surface area contributed by atoms with Crippen LogP contribution in [0.15, 0.2) is 41.3 Å². The summed E-state index contributed by atoms with van der Waals surface area (Å²) in [4.78, 5) is 4.43. The van der Waals surface area contributed by atoms with Gasteiger partial charge in [-0.2, -0.15) is 0 Å². The molecule has 0 atom stereocenters. The van der Waals surface area contributed by atoms with Gasteiger partial charge >= 0.3 is 6.29 Å². The van der Waals surface area contributed by atoms with Gasteiger partial charge in [0.1, 0.15) is 0 Å². The summed E-state index contributed by atoms with van der Waals surface area (Å²) in [5.41, 5.74) is 2.58. The van der Waals surface area contributed by atoms with Crippen LogP contribution in [0.4, 0.5) is 20.2 Å². The van der Waals surface area contributed by atoms with Crippen molar-refractivity contribution >= 4 is 21.4 Å². The predicted octanol–water partition coefficient (Wildman–Crippen LogP) is 4.06. The van der Waals surface area contributed by atoms with Gasteiger partial charge in [0.2, 0.25) is 0 Å². The van der Waals surface area contributed by atoms with Crippen molar-refractivity contribution in [1.29, 1.82) is 0 Å². The highest BCUT2D eigenvalue weighted by molar-refractivity contribution is 7.92. The number of alkyl halides is 2. The van der Waals surface area contributed by atoms with Gasteiger partial charge in [-0.25, -0.2) is 8.42 Å². The second kappa shape index (κ2) is 8.64. The molecule has 2 aromatic rings. The summed E-state index contributed by atoms with van der Waals surface area (Å²) in [5, 5.41) is 0. The van der Waals surface area contributed by atoms with Crippen molar-refractivity contribution in [2.24, 2.45) is 0 Å². The second-order valence-corrected chi connectivity index (χ2v) is 10.6. The van der Waals surface area contributed by atoms with E-state index >= 15 is 0 Å². The predicted molar refractivity (Wildman–Crippen MR) is 123 cm³/mol. The third-order valence-corrected chi connectivity index (χ3v) is 7.91. The molecule has 7 nitrogen and oxygen atoms in total. The fraction of sp³-hybridized carbons (Fsp3) is 0.478. The molecule has 0 aromatic heterocycles. The molecule has 10 heteroatoms. The summed E-state index contributed by atoms with van der Waals surface area (Å²) in [5.74, 6) is -0.498. The maximum Gasteiger partial charge on any atom is 0.586 e. The van der Waals surface area contributed by atoms with Gasteiger partial charge in [0.25, 0.3) is 10.0 Å². The first-order chi connectivity index (χ1) is 15.5. The number of aryl methyl sites for hydroxylation is 1. The van der Waals surface area contributed by atoms with Gasteiger partial charge in [-0.05, 0) is 70.6 Å². The van der Waals surface area contributed by atoms with Crippen molar-refractivity contribution < 1.29 is 26.7 Å². The molecule has 0 amide bonds. The summed E-state index contributed by atoms with van der Waals surface area (Å²) >= 11 is 0. The van der Waals surface area contributed by atoms with Crippen LogP contribution in [0.3, 0.4) is 0 Å². The van der Waals surface area contributed by atoms with Crippen molar-refractivity contribution in [2.45, 2.75) is 44.4 Å². The maximum atomic E-state index is 13.6. The Labute approximate surface area is 193 Å². The SMILES string of the molecule is Cc1ccc(N(C(C)C)S(=O)(=O)c2ccc3c(c2)OC(F)(F)O3)cc1N1CCCN(C)CC1. The van der Waals surface area contributed by atoms with E-state index in [4.69, 9.17) is 0 Å². The van der Waals surface area contributed by atoms with Crippen LogP contribution in [-0.2, 0) is 10.0 Å². The molecular weight excluding hydrogens is 452 g/mol. The lowest BCUT2D eigenvalue weighted by Crippen LogP contribution is -2.37. The molecule has 2 aliphatic heterocycles. The molecule has 4 rings (SSSR count). The molecular formula is C23H29F2N3O4S. The normalized spacial score (nSPS) is 18.5. The number of ether oxygens (including phenoxy) is 2. The molecule has 0 bridgehead atoms. The summed E-state index contributed by atoms with van der Waals surface area (Å²) < 4.78 is 64.3. The number of hydrogen-bond acceptors (Lipinski definition) is 6. The summed E-state index contributed by atoms with van der Waals surface area (Å²) in [7, 11) is -1.96. The molecule has 33 heavy (non-hydrogen) atoms. The van der Waals surface area contributed by atoms with Gasteiger partial charge in [-0.1, -0.05) is 6.07 Å². The average molecular weight is 482 g/mol. The molecule has 2 aliphatic rings. The Bertz CT molecular complexity index is 1140. The Morgan fingerprint density at radius 1 is 1.00 bits per heavy atom. The lowest BCUT2D eigenvalue weighted by Gasteiger charge is -2.31. The molecule has 0 N–H and O–H groups in total. The Balaban J connectivity index is 1.71. The first-order valence-corrected chi connectivity index (χ1v) is 12.4. The molecule has 0 unspecified atom stereocenters. The summed E-state index contributed by atoms with van der Waals surface area (Å²) in [6, 6.07) is 8.73. The fourth-order valence-electron chi connectivity index (χ4n) is 4.28. The van der Waals surface area contributed by atoms with Crippen LogP contribution in [0, 0.1) is 6.92 Å². The molecule has 1 saturated heterocycles. The first kappa shape index (κ1) is 23.6. The van der Waals surface area contributed by atoms with Gasteiger partial charge in [0, 0.05) is 37.4 Å². The molecule has 0 radical (unpaired) electrons. The molecule has 2 heterocycles. The van der Waals surface area contributed by atoms with E-state index in [1.165, 1.54) is 16.4 Å². The highest BCUT2D eigenvalue weighted by Gasteiger charge is 2.44. The number of nitrogens with zero attached hydrogens (tertiary/aromatic N) is 3. The van der Waals surface area contributed by atoms with Crippen molar-refractivity contribution in [2.75, 3.05) is 42.4 Å². The van der Waals surface area contributed by atoms with Gasteiger partial charge < -0.3 is 19.3 Å². The zero-order valence-corrected chi connectivity index (χ0v) is 20.0. The number of halogens is 2. The lowest BCUT2D eigenvalue weighted by atomic mass is 10.1. The minimum absolute atomic E-state index is 0.144. The number of fused-ring (bicyclic) bond motifs is 1. The number of sulfonamides is 1. The van der Waals surface area contributed by atoms with Crippen molar-refractivity contribution in [3.05, 3.63) is 42.0 Å². The second-order valence-electron chi connectivity index (χ2n) is 8.79. The van der Waals surface area contributed by atoms with Crippen LogP contribution in [0.25, 0.3) is 0 Å². The number of anilines is 2. The maximum absolute atomic E-state index is 13.6. The smallest absolute Gasteiger partial charge is 0.395 e. The largest absolute Gasteiger partial charge is 0.586 e. The van der Waals surface area contributed by atoms with Crippen molar-refractivity contribution in [3.63, 3.8) is 0 Å². The van der Waals surface area contributed by atoms with Crippen LogP contribution in [-0.4, -0.2) is 58.9 Å². The molecule has 180 valence electrons. The van der Waals surface area contributed by atoms with Gasteiger partial charge in [0.15, 0.2) is 11.5 Å². The van der Waals surface area contributed by atoms with E-state index in [9.17, 15) is 17.2 Å². The van der Waals surface area contributed by atoms with E-state index < -0.39 is 22.4 Å². The van der Waals surface area contributed by atoms with E-state index in [0.717, 1.165) is 49.9 Å². The lowest BCUT2D eigenvalue weighted by molar-refractivity contribution is -0.286. The van der Waals surface area contributed by atoms with Gasteiger partial charge in [-0.3, -0.25) is 4.31 Å². The van der Waals surface area contributed by atoms with Gasteiger partial charge in [-0.15, -0.1) is 8.78 Å². The zero-order valence-electron chi connectivity index (χ0n) is 19.2. The number of rotatable bonds is 5. The molecule has 0 spiro atoms. The van der Waals surface area contributed by atoms with E-state index in [-0.39, 0.29) is 16.4 Å². The minimum atomic E-state index is -4.06.